The van der Waals surface area contributed by atoms with E-state index in [1.54, 1.807) is 31.6 Å². The zero-order valence-corrected chi connectivity index (χ0v) is 18.8. The molecule has 1 aromatic carbocycles. The predicted octanol–water partition coefficient (Wildman–Crippen LogP) is 3.70. The Morgan fingerprint density at radius 3 is 2.67 bits per heavy atom. The molecule has 4 heterocycles. The minimum Gasteiger partial charge on any atom is -0.487 e. The first-order valence-electron chi connectivity index (χ1n) is 10.4. The van der Waals surface area contributed by atoms with E-state index in [1.165, 1.54) is 17.2 Å². The third-order valence-corrected chi connectivity index (χ3v) is 6.31. The average molecular weight is 466 g/mol. The number of hydrogen-bond acceptors (Lipinski definition) is 6. The van der Waals surface area contributed by atoms with Gasteiger partial charge in [0.25, 0.3) is 5.91 Å². The van der Waals surface area contributed by atoms with Crippen LogP contribution in [0.15, 0.2) is 60.0 Å². The summed E-state index contributed by atoms with van der Waals surface area (Å²) < 4.78 is 19.8. The fraction of sp³-hybridized carbons (Fsp3) is 0.250. The molecule has 168 valence electrons. The van der Waals surface area contributed by atoms with E-state index in [4.69, 9.17) is 22.1 Å². The lowest BCUT2D eigenvalue weighted by atomic mass is 9.74. The second-order valence-corrected chi connectivity index (χ2v) is 9.11. The number of aromatic nitrogens is 2. The molecule has 9 heteroatoms. The minimum atomic E-state index is -1.25. The van der Waals surface area contributed by atoms with Crippen LogP contribution in [-0.2, 0) is 16.8 Å². The Morgan fingerprint density at radius 2 is 2.00 bits per heavy atom. The van der Waals surface area contributed by atoms with Crippen LogP contribution in [0.2, 0.25) is 5.02 Å². The van der Waals surface area contributed by atoms with Gasteiger partial charge in [-0.25, -0.2) is 9.38 Å². The molecular weight excluding hydrogens is 445 g/mol. The number of nitrogens with two attached hydrogens (primary N) is 1. The molecule has 1 spiro atoms. The van der Waals surface area contributed by atoms with E-state index < -0.39 is 17.0 Å². The Bertz CT molecular complexity index is 1300. The van der Waals surface area contributed by atoms with Crippen molar-refractivity contribution in [1.29, 1.82) is 0 Å². The maximum absolute atomic E-state index is 13.5. The highest BCUT2D eigenvalue weighted by Crippen LogP contribution is 2.50. The quantitative estimate of drug-likeness (QED) is 0.636. The maximum Gasteiger partial charge on any atom is 0.261 e. The summed E-state index contributed by atoms with van der Waals surface area (Å²) in [6, 6.07) is 10.4. The zero-order chi connectivity index (χ0) is 23.4. The van der Waals surface area contributed by atoms with E-state index in [0.29, 0.717) is 28.5 Å². The predicted molar refractivity (Wildman–Crippen MR) is 122 cm³/mol. The van der Waals surface area contributed by atoms with Gasteiger partial charge in [0, 0.05) is 49.1 Å². The second-order valence-electron chi connectivity index (χ2n) is 8.67. The molecular formula is C24H21ClFN5O2. The van der Waals surface area contributed by atoms with Crippen molar-refractivity contribution in [2.45, 2.75) is 30.9 Å². The van der Waals surface area contributed by atoms with Gasteiger partial charge in [-0.1, -0.05) is 17.7 Å². The summed E-state index contributed by atoms with van der Waals surface area (Å²) in [5, 5.41) is 0.509. The lowest BCUT2D eigenvalue weighted by Crippen LogP contribution is -2.51. The first-order valence-corrected chi connectivity index (χ1v) is 10.8. The standard InChI is InChI=1S/C24H21ClFN5O2/c1-23(9-18-5-4-17(26)12-29-18)13-24(21(32)31(2)22(27)30-24)19-8-14(3-6-20(19)33-23)15-7-16(25)11-28-10-15/h3-8,10-12H,9,13H2,1-2H3,(H2,27,30)/t23-,24?/m1/s1. The molecule has 0 bridgehead atoms. The highest BCUT2D eigenvalue weighted by molar-refractivity contribution is 6.30. The number of guanidine groups is 1. The summed E-state index contributed by atoms with van der Waals surface area (Å²) in [6.45, 7) is 1.90. The third-order valence-electron chi connectivity index (χ3n) is 6.10. The summed E-state index contributed by atoms with van der Waals surface area (Å²) in [7, 11) is 1.61. The Balaban J connectivity index is 1.63. The first kappa shape index (κ1) is 21.3. The number of aliphatic imine (C=N–C) groups is 1. The fourth-order valence-corrected chi connectivity index (χ4v) is 4.79. The van der Waals surface area contributed by atoms with E-state index >= 15 is 0 Å². The van der Waals surface area contributed by atoms with Crippen LogP contribution in [0.25, 0.3) is 11.1 Å². The molecule has 1 amide bonds. The zero-order valence-electron chi connectivity index (χ0n) is 18.0. The summed E-state index contributed by atoms with van der Waals surface area (Å²) in [5.74, 6) is 0.0298. The molecule has 5 rings (SSSR count). The van der Waals surface area contributed by atoms with E-state index in [9.17, 15) is 9.18 Å². The van der Waals surface area contributed by atoms with Gasteiger partial charge in [0.1, 0.15) is 17.2 Å². The molecule has 0 radical (unpaired) electrons. The molecule has 3 aromatic rings. The lowest BCUT2D eigenvalue weighted by molar-refractivity contribution is -0.133. The molecule has 0 saturated heterocycles. The van der Waals surface area contributed by atoms with Crippen LogP contribution in [0.4, 0.5) is 4.39 Å². The van der Waals surface area contributed by atoms with Crippen LogP contribution in [0.5, 0.6) is 5.75 Å². The number of carbonyl (C=O) groups is 1. The smallest absolute Gasteiger partial charge is 0.261 e. The highest BCUT2D eigenvalue weighted by Gasteiger charge is 2.56. The number of likely N-dealkylation sites (N-methyl/N-ethyl adjacent to an activating group) is 1. The number of nitrogens with zero attached hydrogens (tertiary/aromatic N) is 4. The molecule has 2 aliphatic rings. The molecule has 0 fully saturated rings. The number of carbonyl (C=O) groups excluding carboxylic acids is 1. The molecule has 0 aliphatic carbocycles. The Hall–Kier alpha value is -3.52. The van der Waals surface area contributed by atoms with Crippen molar-refractivity contribution in [1.82, 2.24) is 14.9 Å². The molecule has 2 aromatic heterocycles. The number of rotatable bonds is 3. The summed E-state index contributed by atoms with van der Waals surface area (Å²) in [5.41, 5.74) is 6.92. The fourth-order valence-electron chi connectivity index (χ4n) is 4.61. The Kier molecular flexibility index (Phi) is 4.86. The molecule has 2 aliphatic heterocycles. The molecule has 0 saturated carbocycles. The largest absolute Gasteiger partial charge is 0.487 e. The molecule has 2 N–H and O–H groups in total. The van der Waals surface area contributed by atoms with Gasteiger partial charge in [-0.3, -0.25) is 19.7 Å². The van der Waals surface area contributed by atoms with Crippen LogP contribution in [0, 0.1) is 5.82 Å². The number of pyridine rings is 2. The van der Waals surface area contributed by atoms with Crippen LogP contribution < -0.4 is 10.5 Å². The number of halogens is 2. The number of hydrogen-bond donors (Lipinski definition) is 1. The molecule has 33 heavy (non-hydrogen) atoms. The van der Waals surface area contributed by atoms with Crippen molar-refractivity contribution in [3.8, 4) is 16.9 Å². The first-order chi connectivity index (χ1) is 15.7. The van der Waals surface area contributed by atoms with E-state index in [0.717, 1.165) is 11.1 Å². The van der Waals surface area contributed by atoms with Gasteiger partial charge in [0.05, 0.1) is 11.2 Å². The Labute approximate surface area is 195 Å². The van der Waals surface area contributed by atoms with Gasteiger partial charge < -0.3 is 10.5 Å². The van der Waals surface area contributed by atoms with Crippen molar-refractivity contribution < 1.29 is 13.9 Å². The van der Waals surface area contributed by atoms with Crippen molar-refractivity contribution in [2.24, 2.45) is 10.7 Å². The third kappa shape index (κ3) is 3.60. The minimum absolute atomic E-state index is 0.143. The summed E-state index contributed by atoms with van der Waals surface area (Å²) in [6.07, 6.45) is 5.03. The second kappa shape index (κ2) is 7.52. The highest BCUT2D eigenvalue weighted by atomic mass is 35.5. The van der Waals surface area contributed by atoms with Gasteiger partial charge in [0.2, 0.25) is 0 Å². The number of fused-ring (bicyclic) bond motifs is 2. The van der Waals surface area contributed by atoms with Gasteiger partial charge in [-0.05, 0) is 42.8 Å². The van der Waals surface area contributed by atoms with Crippen molar-refractivity contribution in [3.05, 3.63) is 77.1 Å². The normalized spacial score (nSPS) is 23.9. The Morgan fingerprint density at radius 1 is 1.18 bits per heavy atom. The molecule has 1 unspecified atom stereocenters. The van der Waals surface area contributed by atoms with Crippen molar-refractivity contribution >= 4 is 23.5 Å². The van der Waals surface area contributed by atoms with E-state index in [-0.39, 0.29) is 18.3 Å². The van der Waals surface area contributed by atoms with Crippen molar-refractivity contribution in [3.63, 3.8) is 0 Å². The topological polar surface area (TPSA) is 93.7 Å². The van der Waals surface area contributed by atoms with Crippen molar-refractivity contribution in [2.75, 3.05) is 7.05 Å². The van der Waals surface area contributed by atoms with E-state index in [2.05, 4.69) is 15.0 Å². The summed E-state index contributed by atoms with van der Waals surface area (Å²) in [4.78, 5) is 27.9. The maximum atomic E-state index is 13.5. The SMILES string of the molecule is CN1C(=O)C2(C[C@@](C)(Cc3ccc(F)cn3)Oc3ccc(-c4cncc(Cl)c4)cc32)N=C1N. The number of benzene rings is 1. The van der Waals surface area contributed by atoms with Crippen LogP contribution in [0.1, 0.15) is 24.6 Å². The molecule has 2 atom stereocenters. The van der Waals surface area contributed by atoms with Gasteiger partial charge in [-0.2, -0.15) is 0 Å². The number of amides is 1. The van der Waals surface area contributed by atoms with Crippen LogP contribution in [-0.4, -0.2) is 39.4 Å². The van der Waals surface area contributed by atoms with E-state index in [1.807, 2.05) is 25.1 Å². The lowest BCUT2D eigenvalue weighted by Gasteiger charge is -2.43. The molecule has 7 nitrogen and oxygen atoms in total. The van der Waals surface area contributed by atoms with Gasteiger partial charge >= 0.3 is 0 Å². The van der Waals surface area contributed by atoms with Gasteiger partial charge in [0.15, 0.2) is 11.5 Å². The number of ether oxygens (including phenoxy) is 1. The summed E-state index contributed by atoms with van der Waals surface area (Å²) >= 11 is 6.13. The van der Waals surface area contributed by atoms with Crippen LogP contribution in [0.3, 0.4) is 0 Å². The monoisotopic (exact) mass is 465 g/mol. The van der Waals surface area contributed by atoms with Crippen LogP contribution >= 0.6 is 11.6 Å². The van der Waals surface area contributed by atoms with Gasteiger partial charge in [-0.15, -0.1) is 0 Å². The average Bonchev–Trinajstić information content (AvgIpc) is 2.99.